The highest BCUT2D eigenvalue weighted by molar-refractivity contribution is 5.10. The van der Waals surface area contributed by atoms with E-state index in [-0.39, 0.29) is 11.6 Å². The molecule has 4 nitrogen and oxygen atoms in total. The lowest BCUT2D eigenvalue weighted by Gasteiger charge is -2.45. The number of pyridine rings is 1. The maximum absolute atomic E-state index is 5.92. The molecule has 1 saturated carbocycles. The molecule has 3 N–H and O–H groups in total. The Morgan fingerprint density at radius 3 is 2.45 bits per heavy atom. The van der Waals surface area contributed by atoms with Gasteiger partial charge < -0.3 is 4.90 Å². The van der Waals surface area contributed by atoms with E-state index in [0.717, 1.165) is 12.1 Å². The molecule has 0 amide bonds. The van der Waals surface area contributed by atoms with Crippen molar-refractivity contribution in [3.63, 3.8) is 0 Å². The minimum Gasteiger partial charge on any atom is -0.302 e. The summed E-state index contributed by atoms with van der Waals surface area (Å²) in [7, 11) is 4.38. The lowest BCUT2D eigenvalue weighted by Crippen LogP contribution is -2.61. The van der Waals surface area contributed by atoms with Crippen molar-refractivity contribution in [1.82, 2.24) is 15.3 Å². The number of aromatic nitrogens is 1. The molecule has 0 spiro atoms. The highest BCUT2D eigenvalue weighted by Crippen LogP contribution is 2.34. The second-order valence-corrected chi connectivity index (χ2v) is 6.16. The molecule has 112 valence electrons. The second-order valence-electron chi connectivity index (χ2n) is 6.16. The Morgan fingerprint density at radius 2 is 1.95 bits per heavy atom. The zero-order chi connectivity index (χ0) is 14.4. The third-order valence-corrected chi connectivity index (χ3v) is 4.85. The molecule has 1 aromatic heterocycles. The molecule has 0 aromatic carbocycles. The summed E-state index contributed by atoms with van der Waals surface area (Å²) >= 11 is 0. The Labute approximate surface area is 122 Å². The van der Waals surface area contributed by atoms with Crippen molar-refractivity contribution in [3.8, 4) is 0 Å². The van der Waals surface area contributed by atoms with E-state index in [4.69, 9.17) is 5.84 Å². The highest BCUT2D eigenvalue weighted by Gasteiger charge is 2.40. The molecule has 0 bridgehead atoms. The van der Waals surface area contributed by atoms with Crippen LogP contribution in [0.25, 0.3) is 0 Å². The van der Waals surface area contributed by atoms with Gasteiger partial charge in [-0.3, -0.25) is 16.3 Å². The van der Waals surface area contributed by atoms with Gasteiger partial charge in [0.15, 0.2) is 0 Å². The van der Waals surface area contributed by atoms with E-state index < -0.39 is 0 Å². The maximum Gasteiger partial charge on any atom is 0.0449 e. The van der Waals surface area contributed by atoms with Gasteiger partial charge in [-0.2, -0.15) is 0 Å². The van der Waals surface area contributed by atoms with Crippen LogP contribution in [0.15, 0.2) is 24.4 Å². The lowest BCUT2D eigenvalue weighted by molar-refractivity contribution is 0.0797. The molecule has 2 rings (SSSR count). The number of hydrogen-bond donors (Lipinski definition) is 2. The predicted molar refractivity (Wildman–Crippen MR) is 83.2 cm³/mol. The molecule has 1 atom stereocenters. The monoisotopic (exact) mass is 276 g/mol. The number of hydrogen-bond acceptors (Lipinski definition) is 4. The third kappa shape index (κ3) is 3.37. The maximum atomic E-state index is 5.92. The smallest absolute Gasteiger partial charge is 0.0449 e. The van der Waals surface area contributed by atoms with Gasteiger partial charge in [0.05, 0.1) is 0 Å². The fourth-order valence-corrected chi connectivity index (χ4v) is 3.58. The molecule has 0 saturated heterocycles. The standard InChI is InChI=1S/C16H28N4/c1-20(2)16(10-6-3-4-7-11-16)15(19-17)13-14-9-5-8-12-18-14/h5,8-9,12,15,19H,3-4,6-7,10-11,13,17H2,1-2H3. The first-order valence-corrected chi connectivity index (χ1v) is 7.72. The average molecular weight is 276 g/mol. The quantitative estimate of drug-likeness (QED) is 0.491. The Hall–Kier alpha value is -0.970. The van der Waals surface area contributed by atoms with E-state index in [1.54, 1.807) is 0 Å². The molecular weight excluding hydrogens is 248 g/mol. The van der Waals surface area contributed by atoms with Crippen molar-refractivity contribution in [3.05, 3.63) is 30.1 Å². The van der Waals surface area contributed by atoms with E-state index in [2.05, 4.69) is 35.5 Å². The van der Waals surface area contributed by atoms with Crippen LogP contribution in [0.4, 0.5) is 0 Å². The summed E-state index contributed by atoms with van der Waals surface area (Å²) in [4.78, 5) is 6.84. The molecule has 20 heavy (non-hydrogen) atoms. The average Bonchev–Trinajstić information content (AvgIpc) is 2.72. The van der Waals surface area contributed by atoms with Crippen LogP contribution in [0.5, 0.6) is 0 Å². The van der Waals surface area contributed by atoms with Crippen molar-refractivity contribution >= 4 is 0 Å². The van der Waals surface area contributed by atoms with Crippen molar-refractivity contribution in [1.29, 1.82) is 0 Å². The zero-order valence-electron chi connectivity index (χ0n) is 12.8. The lowest BCUT2D eigenvalue weighted by atomic mass is 9.79. The van der Waals surface area contributed by atoms with Crippen LogP contribution >= 0.6 is 0 Å². The number of nitrogens with one attached hydrogen (secondary N) is 1. The number of nitrogens with zero attached hydrogens (tertiary/aromatic N) is 2. The number of likely N-dealkylation sites (N-methyl/N-ethyl adjacent to an activating group) is 1. The summed E-state index contributed by atoms with van der Waals surface area (Å²) in [5.74, 6) is 5.92. The number of hydrazine groups is 1. The molecule has 0 radical (unpaired) electrons. The SMILES string of the molecule is CN(C)C1(C(Cc2ccccn2)NN)CCCCCC1. The van der Waals surface area contributed by atoms with Gasteiger partial charge in [0, 0.05) is 29.9 Å². The summed E-state index contributed by atoms with van der Waals surface area (Å²) in [6.07, 6.45) is 10.4. The van der Waals surface area contributed by atoms with Crippen molar-refractivity contribution in [2.75, 3.05) is 14.1 Å². The summed E-state index contributed by atoms with van der Waals surface area (Å²) < 4.78 is 0. The minimum absolute atomic E-state index is 0.142. The molecule has 1 unspecified atom stereocenters. The molecule has 1 aromatic rings. The van der Waals surface area contributed by atoms with Gasteiger partial charge >= 0.3 is 0 Å². The van der Waals surface area contributed by atoms with Gasteiger partial charge in [-0.05, 0) is 39.1 Å². The highest BCUT2D eigenvalue weighted by atomic mass is 15.3. The van der Waals surface area contributed by atoms with Crippen LogP contribution < -0.4 is 11.3 Å². The molecule has 1 fully saturated rings. The molecule has 1 aliphatic rings. The Bertz CT molecular complexity index is 383. The third-order valence-electron chi connectivity index (χ3n) is 4.85. The number of rotatable bonds is 5. The van der Waals surface area contributed by atoms with Crippen molar-refractivity contribution < 1.29 is 0 Å². The van der Waals surface area contributed by atoms with E-state index in [9.17, 15) is 0 Å². The largest absolute Gasteiger partial charge is 0.302 e. The summed E-state index contributed by atoms with van der Waals surface area (Å²) in [6, 6.07) is 6.34. The Morgan fingerprint density at radius 1 is 1.25 bits per heavy atom. The van der Waals surface area contributed by atoms with Crippen LogP contribution in [0.2, 0.25) is 0 Å². The first-order chi connectivity index (χ1) is 9.69. The van der Waals surface area contributed by atoms with E-state index in [0.29, 0.717) is 0 Å². The Kier molecular flexibility index (Phi) is 5.52. The first kappa shape index (κ1) is 15.4. The number of nitrogens with two attached hydrogens (primary N) is 1. The van der Waals surface area contributed by atoms with Gasteiger partial charge in [-0.1, -0.05) is 31.7 Å². The first-order valence-electron chi connectivity index (χ1n) is 7.72. The summed E-state index contributed by atoms with van der Waals surface area (Å²) in [6.45, 7) is 0. The fraction of sp³-hybridized carbons (Fsp3) is 0.688. The van der Waals surface area contributed by atoms with Crippen LogP contribution in [0.1, 0.15) is 44.2 Å². The topological polar surface area (TPSA) is 54.2 Å². The molecule has 0 aliphatic heterocycles. The molecule has 1 aliphatic carbocycles. The van der Waals surface area contributed by atoms with Crippen molar-refractivity contribution in [2.45, 2.75) is 56.5 Å². The van der Waals surface area contributed by atoms with E-state index in [1.165, 1.54) is 38.5 Å². The zero-order valence-corrected chi connectivity index (χ0v) is 12.8. The van der Waals surface area contributed by atoms with Gasteiger partial charge in [0.2, 0.25) is 0 Å². The van der Waals surface area contributed by atoms with E-state index in [1.807, 2.05) is 18.3 Å². The molecule has 4 heteroatoms. The Balaban J connectivity index is 2.20. The van der Waals surface area contributed by atoms with Crippen LogP contribution in [-0.2, 0) is 6.42 Å². The second kappa shape index (κ2) is 7.16. The molecule has 1 heterocycles. The van der Waals surface area contributed by atoms with Gasteiger partial charge in [0.25, 0.3) is 0 Å². The predicted octanol–water partition coefficient (Wildman–Crippen LogP) is 2.11. The van der Waals surface area contributed by atoms with Crippen molar-refractivity contribution in [2.24, 2.45) is 5.84 Å². The minimum atomic E-state index is 0.142. The summed E-state index contributed by atoms with van der Waals surface area (Å²) in [5.41, 5.74) is 4.34. The normalized spacial score (nSPS) is 20.6. The van der Waals surface area contributed by atoms with Gasteiger partial charge in [-0.15, -0.1) is 0 Å². The fourth-order valence-electron chi connectivity index (χ4n) is 3.58. The van der Waals surface area contributed by atoms with Crippen LogP contribution in [0, 0.1) is 0 Å². The van der Waals surface area contributed by atoms with Crippen LogP contribution in [-0.4, -0.2) is 35.6 Å². The van der Waals surface area contributed by atoms with Gasteiger partial charge in [-0.25, -0.2) is 0 Å². The molecular formula is C16H28N4. The van der Waals surface area contributed by atoms with Crippen LogP contribution in [0.3, 0.4) is 0 Å². The summed E-state index contributed by atoms with van der Waals surface area (Å²) in [5, 5.41) is 0. The van der Waals surface area contributed by atoms with Gasteiger partial charge in [0.1, 0.15) is 0 Å². The van der Waals surface area contributed by atoms with E-state index >= 15 is 0 Å².